The molecule has 4 heterocycles. The Morgan fingerprint density at radius 2 is 1.09 bits per heavy atom. The molecule has 4 rings (SSSR count). The van der Waals surface area contributed by atoms with Crippen LogP contribution in [0.2, 0.25) is 0 Å². The highest BCUT2D eigenvalue weighted by Crippen LogP contribution is 2.21. The zero-order valence-corrected chi connectivity index (χ0v) is 28.3. The molecular weight excluding hydrogens is 690 g/mol. The van der Waals surface area contributed by atoms with E-state index in [-0.39, 0.29) is 34.2 Å². The molecule has 0 saturated carbocycles. The van der Waals surface area contributed by atoms with E-state index < -0.39 is 67.5 Å². The van der Waals surface area contributed by atoms with E-state index in [0.29, 0.717) is 0 Å². The van der Waals surface area contributed by atoms with Crippen LogP contribution in [0.3, 0.4) is 0 Å². The number of rotatable bonds is 17. The highest BCUT2D eigenvalue weighted by Gasteiger charge is 2.43. The fraction of sp³-hybridized carbons (Fsp3) is 0.216. The van der Waals surface area contributed by atoms with E-state index in [1.807, 2.05) is 0 Å². The minimum atomic E-state index is -2.11. The summed E-state index contributed by atoms with van der Waals surface area (Å²) in [7, 11) is 0. The van der Waals surface area contributed by atoms with Crippen LogP contribution in [-0.4, -0.2) is 92.5 Å². The smallest absolute Gasteiger partial charge is 0.340 e. The molecule has 16 heteroatoms. The Kier molecular flexibility index (Phi) is 14.8. The van der Waals surface area contributed by atoms with Gasteiger partial charge in [-0.1, -0.05) is 13.0 Å². The fourth-order valence-electron chi connectivity index (χ4n) is 4.51. The van der Waals surface area contributed by atoms with Crippen LogP contribution in [0.1, 0.15) is 54.8 Å². The van der Waals surface area contributed by atoms with Gasteiger partial charge in [0.2, 0.25) is 0 Å². The van der Waals surface area contributed by atoms with Crippen molar-refractivity contribution in [2.45, 2.75) is 37.8 Å². The van der Waals surface area contributed by atoms with Gasteiger partial charge in [0.1, 0.15) is 19.3 Å². The summed E-state index contributed by atoms with van der Waals surface area (Å²) >= 11 is 0. The van der Waals surface area contributed by atoms with E-state index in [9.17, 15) is 29.1 Å². The summed E-state index contributed by atoms with van der Waals surface area (Å²) in [5.74, 6) is -4.79. The van der Waals surface area contributed by atoms with Crippen molar-refractivity contribution in [1.82, 2.24) is 19.9 Å². The quantitative estimate of drug-likeness (QED) is 0.0690. The maximum Gasteiger partial charge on any atom is 0.340 e. The lowest BCUT2D eigenvalue weighted by Gasteiger charge is -2.33. The van der Waals surface area contributed by atoms with Gasteiger partial charge < -0.3 is 34.5 Å². The number of hydrogen-bond donors (Lipinski definition) is 2. The summed E-state index contributed by atoms with van der Waals surface area (Å²) in [4.78, 5) is 81.7. The number of aliphatic hydroxyl groups is 1. The van der Waals surface area contributed by atoms with Crippen LogP contribution < -0.4 is 5.73 Å². The molecule has 0 amide bonds. The van der Waals surface area contributed by atoms with Crippen LogP contribution in [0.25, 0.3) is 0 Å². The molecule has 4 atom stereocenters. The van der Waals surface area contributed by atoms with Crippen LogP contribution >= 0.6 is 0 Å². The zero-order valence-electron chi connectivity index (χ0n) is 28.3. The second-order valence-electron chi connectivity index (χ2n) is 10.8. The molecule has 0 aliphatic heterocycles. The van der Waals surface area contributed by atoms with E-state index in [2.05, 4.69) is 19.9 Å². The van der Waals surface area contributed by atoms with Crippen molar-refractivity contribution in [2.75, 3.05) is 13.2 Å². The lowest BCUT2D eigenvalue weighted by Crippen LogP contribution is -2.53. The standard InChI is InChI=1S/C37H35N5O11/c1-2-24(8-3-13-38)33(44)50-23-30(52-36(47)27-11-6-16-41-20-27)32(53-37(48)28-12-7-17-42-21-28)31(43)29(51-35(46)26-10-5-15-40-19-26)22-49-34(45)25-9-4-14-39-18-25/h3-21,29-32,43H,2,22-23,38H2,1H3/b13-3-,24-8+/t29-,30-,31-,32-/m1/s1. The van der Waals surface area contributed by atoms with Gasteiger partial charge in [-0.25, -0.2) is 24.0 Å². The van der Waals surface area contributed by atoms with Crippen molar-refractivity contribution in [3.8, 4) is 0 Å². The van der Waals surface area contributed by atoms with Gasteiger partial charge in [0.05, 0.1) is 22.3 Å². The summed E-state index contributed by atoms with van der Waals surface area (Å²) in [6.45, 7) is 0.113. The summed E-state index contributed by atoms with van der Waals surface area (Å²) in [5.41, 5.74) is 5.48. The van der Waals surface area contributed by atoms with E-state index in [0.717, 1.165) is 0 Å². The van der Waals surface area contributed by atoms with Gasteiger partial charge in [0.15, 0.2) is 18.3 Å². The van der Waals surface area contributed by atoms with Gasteiger partial charge >= 0.3 is 29.8 Å². The predicted octanol–water partition coefficient (Wildman–Crippen LogP) is 2.81. The third-order valence-corrected chi connectivity index (χ3v) is 7.24. The Morgan fingerprint density at radius 3 is 1.53 bits per heavy atom. The Balaban J connectivity index is 1.75. The largest absolute Gasteiger partial charge is 0.458 e. The molecule has 0 saturated heterocycles. The number of aliphatic hydroxyl groups excluding tert-OH is 1. The molecule has 4 aromatic heterocycles. The molecule has 0 radical (unpaired) electrons. The fourth-order valence-corrected chi connectivity index (χ4v) is 4.51. The van der Waals surface area contributed by atoms with Gasteiger partial charge in [-0.15, -0.1) is 0 Å². The number of pyridine rings is 4. The first-order valence-electron chi connectivity index (χ1n) is 16.0. The summed E-state index contributed by atoms with van der Waals surface area (Å²) in [6.07, 6.45) is 7.15. The third-order valence-electron chi connectivity index (χ3n) is 7.24. The third kappa shape index (κ3) is 11.6. The van der Waals surface area contributed by atoms with Crippen LogP contribution in [0.4, 0.5) is 0 Å². The molecule has 0 spiro atoms. The molecule has 4 aromatic rings. The van der Waals surface area contributed by atoms with Crippen molar-refractivity contribution in [3.63, 3.8) is 0 Å². The van der Waals surface area contributed by atoms with Gasteiger partial charge in [0, 0.05) is 55.1 Å². The molecule has 0 aromatic carbocycles. The number of hydrogen-bond acceptors (Lipinski definition) is 16. The first-order chi connectivity index (χ1) is 25.7. The molecule has 16 nitrogen and oxygen atoms in total. The number of aromatic nitrogens is 4. The Labute approximate surface area is 303 Å². The van der Waals surface area contributed by atoms with Gasteiger partial charge in [-0.2, -0.15) is 0 Å². The molecule has 0 bridgehead atoms. The number of nitrogens with zero attached hydrogens (tertiary/aromatic N) is 4. The SMILES string of the molecule is CC/C(=C\C=C/N)C(=O)OC[C@@H](OC(=O)c1cccnc1)[C@@H](OC(=O)c1cccnc1)[C@H](O)[C@@H](COC(=O)c1cccnc1)OC(=O)c1cccnc1. The molecule has 53 heavy (non-hydrogen) atoms. The first kappa shape index (κ1) is 39.0. The monoisotopic (exact) mass is 725 g/mol. The number of carbonyl (C=O) groups excluding carboxylic acids is 5. The number of esters is 5. The van der Waals surface area contributed by atoms with E-state index >= 15 is 0 Å². The Bertz CT molecular complexity index is 1880. The second kappa shape index (κ2) is 20.1. The van der Waals surface area contributed by atoms with Crippen molar-refractivity contribution >= 4 is 29.8 Å². The first-order valence-corrected chi connectivity index (χ1v) is 16.0. The summed E-state index contributed by atoms with van der Waals surface area (Å²) in [5, 5.41) is 12.0. The number of allylic oxidation sites excluding steroid dienone is 2. The maximum absolute atomic E-state index is 13.5. The second-order valence-corrected chi connectivity index (χ2v) is 10.8. The maximum atomic E-state index is 13.5. The summed E-state index contributed by atoms with van der Waals surface area (Å²) in [6, 6.07) is 11.4. The van der Waals surface area contributed by atoms with Gasteiger partial charge in [-0.05, 0) is 67.2 Å². The molecule has 0 unspecified atom stereocenters. The lowest BCUT2D eigenvalue weighted by atomic mass is 10.0. The highest BCUT2D eigenvalue weighted by molar-refractivity contribution is 5.91. The Hall–Kier alpha value is -6.81. The van der Waals surface area contributed by atoms with E-state index in [4.69, 9.17) is 29.4 Å². The number of nitrogens with two attached hydrogens (primary N) is 1. The van der Waals surface area contributed by atoms with E-state index in [1.54, 1.807) is 6.92 Å². The number of carbonyl (C=O) groups is 5. The minimum absolute atomic E-state index is 0.0360. The zero-order chi connectivity index (χ0) is 38.0. The molecule has 0 fully saturated rings. The predicted molar refractivity (Wildman–Crippen MR) is 184 cm³/mol. The number of ether oxygens (including phenoxy) is 5. The molecule has 0 aliphatic rings. The van der Waals surface area contributed by atoms with Crippen molar-refractivity contribution in [2.24, 2.45) is 5.73 Å². The van der Waals surface area contributed by atoms with Gasteiger partial charge in [0.25, 0.3) is 0 Å². The molecule has 3 N–H and O–H groups in total. The highest BCUT2D eigenvalue weighted by atomic mass is 16.6. The topological polar surface area (TPSA) is 229 Å². The summed E-state index contributed by atoms with van der Waals surface area (Å²) < 4.78 is 27.9. The van der Waals surface area contributed by atoms with Crippen LogP contribution in [0.5, 0.6) is 0 Å². The van der Waals surface area contributed by atoms with Crippen LogP contribution in [-0.2, 0) is 28.5 Å². The van der Waals surface area contributed by atoms with Crippen molar-refractivity contribution in [1.29, 1.82) is 0 Å². The molecule has 274 valence electrons. The normalized spacial score (nSPS) is 13.5. The Morgan fingerprint density at radius 1 is 0.660 bits per heavy atom. The average Bonchev–Trinajstić information content (AvgIpc) is 3.21. The van der Waals surface area contributed by atoms with Crippen LogP contribution in [0.15, 0.2) is 122 Å². The van der Waals surface area contributed by atoms with Crippen LogP contribution in [0, 0.1) is 0 Å². The minimum Gasteiger partial charge on any atom is -0.458 e. The van der Waals surface area contributed by atoms with Crippen molar-refractivity contribution in [3.05, 3.63) is 144 Å². The van der Waals surface area contributed by atoms with Gasteiger partial charge in [-0.3, -0.25) is 19.9 Å². The van der Waals surface area contributed by atoms with E-state index in [1.165, 1.54) is 116 Å². The lowest BCUT2D eigenvalue weighted by molar-refractivity contribution is -0.155. The molecular formula is C37H35N5O11. The van der Waals surface area contributed by atoms with Crippen molar-refractivity contribution < 1.29 is 52.8 Å². The molecule has 0 aliphatic carbocycles. The average molecular weight is 726 g/mol.